The predicted octanol–water partition coefficient (Wildman–Crippen LogP) is 2.49. The van der Waals surface area contributed by atoms with E-state index in [0.717, 1.165) is 12.1 Å². The van der Waals surface area contributed by atoms with Gasteiger partial charge >= 0.3 is 0 Å². The molecule has 0 saturated carbocycles. The molecule has 13 heavy (non-hydrogen) atoms. The molecule has 0 radical (unpaired) electrons. The molecule has 1 nitrogen and oxygen atoms in total. The number of aryl methyl sites for hydroxylation is 1. The fourth-order valence-electron chi connectivity index (χ4n) is 0.950. The van der Waals surface area contributed by atoms with Crippen LogP contribution in [0.25, 0.3) is 6.08 Å². The quantitative estimate of drug-likeness (QED) is 0.507. The average Bonchev–Trinajstić information content (AvgIpc) is 2.09. The number of aldehydes is 1. The van der Waals surface area contributed by atoms with Gasteiger partial charge in [0.25, 0.3) is 0 Å². The van der Waals surface area contributed by atoms with Crippen LogP contribution in [0.4, 0.5) is 8.78 Å². The fraction of sp³-hybridized carbons (Fsp3) is 0.100. The highest BCUT2D eigenvalue weighted by Crippen LogP contribution is 2.15. The molecule has 0 amide bonds. The Hall–Kier alpha value is -1.51. The van der Waals surface area contributed by atoms with Crippen molar-refractivity contribution in [3.63, 3.8) is 0 Å². The van der Waals surface area contributed by atoms with Crippen molar-refractivity contribution in [1.82, 2.24) is 0 Å². The van der Waals surface area contributed by atoms with Gasteiger partial charge < -0.3 is 0 Å². The van der Waals surface area contributed by atoms with E-state index in [2.05, 4.69) is 0 Å². The van der Waals surface area contributed by atoms with E-state index in [1.54, 1.807) is 0 Å². The standard InChI is InChI=1S/C10H8F2O/c1-7-5-8(3-2-4-13)10(12)6-9(7)11/h2-6H,1H3. The summed E-state index contributed by atoms with van der Waals surface area (Å²) in [4.78, 5) is 9.96. The number of hydrogen-bond acceptors (Lipinski definition) is 1. The number of halogens is 2. The second-order valence-corrected chi connectivity index (χ2v) is 2.62. The molecule has 0 N–H and O–H groups in total. The topological polar surface area (TPSA) is 17.1 Å². The van der Waals surface area contributed by atoms with Crippen molar-refractivity contribution < 1.29 is 13.6 Å². The molecule has 0 spiro atoms. The lowest BCUT2D eigenvalue weighted by Crippen LogP contribution is -1.89. The summed E-state index contributed by atoms with van der Waals surface area (Å²) in [6.07, 6.45) is 3.00. The number of benzene rings is 1. The van der Waals surface area contributed by atoms with Crippen LogP contribution in [0.2, 0.25) is 0 Å². The van der Waals surface area contributed by atoms with Crippen LogP contribution in [0.5, 0.6) is 0 Å². The van der Waals surface area contributed by atoms with Crippen LogP contribution in [-0.4, -0.2) is 6.29 Å². The molecule has 0 saturated heterocycles. The van der Waals surface area contributed by atoms with Crippen molar-refractivity contribution in [2.45, 2.75) is 6.92 Å². The third-order valence-electron chi connectivity index (χ3n) is 1.63. The Morgan fingerprint density at radius 3 is 2.54 bits per heavy atom. The lowest BCUT2D eigenvalue weighted by Gasteiger charge is -1.99. The molecule has 0 unspecified atom stereocenters. The van der Waals surface area contributed by atoms with Gasteiger partial charge in [-0.15, -0.1) is 0 Å². The minimum atomic E-state index is -0.666. The van der Waals surface area contributed by atoms with Crippen LogP contribution in [-0.2, 0) is 4.79 Å². The minimum absolute atomic E-state index is 0.214. The van der Waals surface area contributed by atoms with E-state index in [0.29, 0.717) is 11.8 Å². The van der Waals surface area contributed by atoms with E-state index >= 15 is 0 Å². The first-order valence-corrected chi connectivity index (χ1v) is 3.72. The zero-order valence-electron chi connectivity index (χ0n) is 7.05. The van der Waals surface area contributed by atoms with E-state index < -0.39 is 11.6 Å². The molecule has 0 bridgehead atoms. The maximum atomic E-state index is 12.9. The van der Waals surface area contributed by atoms with Crippen LogP contribution in [0.3, 0.4) is 0 Å². The summed E-state index contributed by atoms with van der Waals surface area (Å²) in [7, 11) is 0. The van der Waals surface area contributed by atoms with Crippen LogP contribution in [0.1, 0.15) is 11.1 Å². The summed E-state index contributed by atoms with van der Waals surface area (Å²) in [5, 5.41) is 0. The van der Waals surface area contributed by atoms with E-state index in [1.165, 1.54) is 19.1 Å². The molecule has 1 aromatic rings. The van der Waals surface area contributed by atoms with Gasteiger partial charge in [0.15, 0.2) is 0 Å². The number of hydrogen-bond donors (Lipinski definition) is 0. The normalized spacial score (nSPS) is 10.7. The Kier molecular flexibility index (Phi) is 2.90. The van der Waals surface area contributed by atoms with Gasteiger partial charge in [-0.3, -0.25) is 4.79 Å². The zero-order valence-corrected chi connectivity index (χ0v) is 7.05. The van der Waals surface area contributed by atoms with Gasteiger partial charge in [-0.25, -0.2) is 8.78 Å². The Labute approximate surface area is 74.7 Å². The molecule has 1 rings (SSSR count). The molecule has 0 aliphatic heterocycles. The van der Waals surface area contributed by atoms with Crippen LogP contribution >= 0.6 is 0 Å². The first-order valence-electron chi connectivity index (χ1n) is 3.72. The number of carbonyl (C=O) groups excluding carboxylic acids is 1. The zero-order chi connectivity index (χ0) is 9.84. The molecular weight excluding hydrogens is 174 g/mol. The average molecular weight is 182 g/mol. The molecule has 0 aliphatic rings. The van der Waals surface area contributed by atoms with Gasteiger partial charge in [-0.05, 0) is 30.7 Å². The summed E-state index contributed by atoms with van der Waals surface area (Å²) in [6, 6.07) is 2.16. The van der Waals surface area contributed by atoms with Gasteiger partial charge in [0.1, 0.15) is 17.9 Å². The third kappa shape index (κ3) is 2.21. The highest BCUT2D eigenvalue weighted by Gasteiger charge is 2.03. The van der Waals surface area contributed by atoms with Crippen molar-refractivity contribution in [1.29, 1.82) is 0 Å². The molecule has 1 aromatic carbocycles. The van der Waals surface area contributed by atoms with E-state index in [4.69, 9.17) is 0 Å². The highest BCUT2D eigenvalue weighted by molar-refractivity contribution is 5.74. The van der Waals surface area contributed by atoms with Crippen LogP contribution in [0.15, 0.2) is 18.2 Å². The molecule has 0 atom stereocenters. The molecule has 0 aliphatic carbocycles. The summed E-state index contributed by atoms with van der Waals surface area (Å²) in [6.45, 7) is 1.53. The van der Waals surface area contributed by atoms with Crippen LogP contribution in [0, 0.1) is 18.6 Å². The number of rotatable bonds is 2. The maximum Gasteiger partial charge on any atom is 0.142 e. The second kappa shape index (κ2) is 3.94. The van der Waals surface area contributed by atoms with Crippen molar-refractivity contribution in [2.75, 3.05) is 0 Å². The largest absolute Gasteiger partial charge is 0.299 e. The molecule has 3 heteroatoms. The smallest absolute Gasteiger partial charge is 0.142 e. The van der Waals surface area contributed by atoms with E-state index in [-0.39, 0.29) is 5.56 Å². The van der Waals surface area contributed by atoms with E-state index in [1.807, 2.05) is 0 Å². The van der Waals surface area contributed by atoms with Crippen molar-refractivity contribution in [2.24, 2.45) is 0 Å². The third-order valence-corrected chi connectivity index (χ3v) is 1.63. The number of allylic oxidation sites excluding steroid dienone is 1. The molecule has 0 aromatic heterocycles. The summed E-state index contributed by atoms with van der Waals surface area (Å²) in [5.74, 6) is -1.25. The fourth-order valence-corrected chi connectivity index (χ4v) is 0.950. The molecular formula is C10H8F2O. The Balaban J connectivity index is 3.15. The highest BCUT2D eigenvalue weighted by atomic mass is 19.1. The summed E-state index contributed by atoms with van der Waals surface area (Å²) < 4.78 is 25.7. The Bertz CT molecular complexity index is 356. The monoisotopic (exact) mass is 182 g/mol. The first-order chi connectivity index (χ1) is 6.15. The summed E-state index contributed by atoms with van der Waals surface area (Å²) in [5.41, 5.74) is 0.568. The lowest BCUT2D eigenvalue weighted by molar-refractivity contribution is -0.104. The SMILES string of the molecule is Cc1cc(C=CC=O)c(F)cc1F. The van der Waals surface area contributed by atoms with Gasteiger partial charge in [0, 0.05) is 11.6 Å². The number of carbonyl (C=O) groups is 1. The molecule has 0 fully saturated rings. The molecule has 0 heterocycles. The van der Waals surface area contributed by atoms with Crippen molar-refractivity contribution >= 4 is 12.4 Å². The van der Waals surface area contributed by atoms with E-state index in [9.17, 15) is 13.6 Å². The Morgan fingerprint density at radius 2 is 1.92 bits per heavy atom. The summed E-state index contributed by atoms with van der Waals surface area (Å²) >= 11 is 0. The Morgan fingerprint density at radius 1 is 1.23 bits per heavy atom. The first kappa shape index (κ1) is 9.58. The van der Waals surface area contributed by atoms with Crippen molar-refractivity contribution in [3.8, 4) is 0 Å². The maximum absolute atomic E-state index is 12.9. The minimum Gasteiger partial charge on any atom is -0.299 e. The molecule has 68 valence electrons. The lowest BCUT2D eigenvalue weighted by atomic mass is 10.1. The van der Waals surface area contributed by atoms with Gasteiger partial charge in [-0.2, -0.15) is 0 Å². The predicted molar refractivity (Wildman–Crippen MR) is 46.2 cm³/mol. The van der Waals surface area contributed by atoms with Crippen LogP contribution < -0.4 is 0 Å². The second-order valence-electron chi connectivity index (χ2n) is 2.62. The van der Waals surface area contributed by atoms with Gasteiger partial charge in [-0.1, -0.05) is 0 Å². The van der Waals surface area contributed by atoms with Gasteiger partial charge in [0.05, 0.1) is 0 Å². The van der Waals surface area contributed by atoms with Gasteiger partial charge in [0.2, 0.25) is 0 Å². The van der Waals surface area contributed by atoms with Crippen molar-refractivity contribution in [3.05, 3.63) is 41.0 Å².